The average Bonchev–Trinajstić information content (AvgIpc) is 2.97. The summed E-state index contributed by atoms with van der Waals surface area (Å²) in [4.78, 5) is 14.6. The maximum Gasteiger partial charge on any atom is 0.253 e. The van der Waals surface area contributed by atoms with Gasteiger partial charge < -0.3 is 10.2 Å². The van der Waals surface area contributed by atoms with E-state index in [9.17, 15) is 13.2 Å². The van der Waals surface area contributed by atoms with E-state index in [1.807, 2.05) is 30.3 Å². The SMILES string of the molecule is CC(NS(=O)(=O)c1cccc(C(=O)N2CCCNCC2)c1)c1ccccc1.Cl. The van der Waals surface area contributed by atoms with Crippen LogP contribution in [0.1, 0.15) is 35.3 Å². The summed E-state index contributed by atoms with van der Waals surface area (Å²) >= 11 is 0. The van der Waals surface area contributed by atoms with Crippen molar-refractivity contribution in [2.24, 2.45) is 0 Å². The third-order valence-corrected chi connectivity index (χ3v) is 6.19. The van der Waals surface area contributed by atoms with Gasteiger partial charge >= 0.3 is 0 Å². The summed E-state index contributed by atoms with van der Waals surface area (Å²) in [5.41, 5.74) is 1.28. The molecule has 6 nitrogen and oxygen atoms in total. The molecule has 8 heteroatoms. The smallest absolute Gasteiger partial charge is 0.253 e. The average molecular weight is 424 g/mol. The van der Waals surface area contributed by atoms with E-state index in [0.717, 1.165) is 25.1 Å². The van der Waals surface area contributed by atoms with Crippen molar-refractivity contribution in [1.29, 1.82) is 0 Å². The Hall–Kier alpha value is -1.93. The van der Waals surface area contributed by atoms with Crippen LogP contribution in [0.5, 0.6) is 0 Å². The number of hydrogen-bond acceptors (Lipinski definition) is 4. The van der Waals surface area contributed by atoms with Crippen molar-refractivity contribution in [2.75, 3.05) is 26.2 Å². The first-order valence-electron chi connectivity index (χ1n) is 9.15. The lowest BCUT2D eigenvalue weighted by Crippen LogP contribution is -2.34. The zero-order chi connectivity index (χ0) is 19.3. The number of sulfonamides is 1. The molecule has 1 heterocycles. The van der Waals surface area contributed by atoms with E-state index in [1.54, 1.807) is 24.0 Å². The van der Waals surface area contributed by atoms with Gasteiger partial charge in [-0.25, -0.2) is 13.1 Å². The molecule has 1 aliphatic rings. The van der Waals surface area contributed by atoms with Crippen LogP contribution in [0.4, 0.5) is 0 Å². The van der Waals surface area contributed by atoms with Gasteiger partial charge in [-0.3, -0.25) is 4.79 Å². The van der Waals surface area contributed by atoms with Gasteiger partial charge in [0.1, 0.15) is 0 Å². The first kappa shape index (κ1) is 22.4. The largest absolute Gasteiger partial charge is 0.337 e. The maximum absolute atomic E-state index is 12.8. The van der Waals surface area contributed by atoms with Crippen molar-refractivity contribution >= 4 is 28.3 Å². The number of benzene rings is 2. The van der Waals surface area contributed by atoms with Crippen LogP contribution < -0.4 is 10.0 Å². The van der Waals surface area contributed by atoms with Crippen LogP contribution in [0.3, 0.4) is 0 Å². The minimum atomic E-state index is -3.73. The lowest BCUT2D eigenvalue weighted by Gasteiger charge is -2.20. The zero-order valence-electron chi connectivity index (χ0n) is 15.8. The van der Waals surface area contributed by atoms with E-state index < -0.39 is 10.0 Å². The summed E-state index contributed by atoms with van der Waals surface area (Å²) in [5.74, 6) is -0.133. The molecule has 2 aromatic carbocycles. The molecule has 1 aliphatic heterocycles. The first-order chi connectivity index (χ1) is 13.0. The standard InChI is InChI=1S/C20H25N3O3S.ClH/c1-16(17-7-3-2-4-8-17)22-27(25,26)19-10-5-9-18(15-19)20(24)23-13-6-11-21-12-14-23;/h2-5,7-10,15-16,21-22H,6,11-14H2,1H3;1H. The van der Waals surface area contributed by atoms with E-state index >= 15 is 0 Å². The first-order valence-corrected chi connectivity index (χ1v) is 10.6. The predicted molar refractivity (Wildman–Crippen MR) is 112 cm³/mol. The Labute approximate surface area is 172 Å². The van der Waals surface area contributed by atoms with E-state index in [0.29, 0.717) is 18.7 Å². The Morgan fingerprint density at radius 3 is 2.57 bits per heavy atom. The van der Waals surface area contributed by atoms with E-state index in [-0.39, 0.29) is 29.3 Å². The van der Waals surface area contributed by atoms with Gasteiger partial charge in [0.15, 0.2) is 0 Å². The van der Waals surface area contributed by atoms with Crippen LogP contribution in [-0.2, 0) is 10.0 Å². The molecular formula is C20H26ClN3O3S. The lowest BCUT2D eigenvalue weighted by molar-refractivity contribution is 0.0766. The number of rotatable bonds is 5. The fraction of sp³-hybridized carbons (Fsp3) is 0.350. The van der Waals surface area contributed by atoms with Crippen molar-refractivity contribution in [3.05, 3.63) is 65.7 Å². The second-order valence-corrected chi connectivity index (χ2v) is 8.39. The van der Waals surface area contributed by atoms with Crippen LogP contribution in [0.2, 0.25) is 0 Å². The molecule has 0 spiro atoms. The number of halogens is 1. The molecule has 3 rings (SSSR count). The third kappa shape index (κ3) is 5.54. The molecule has 1 fully saturated rings. The molecule has 2 N–H and O–H groups in total. The maximum atomic E-state index is 12.8. The van der Waals surface area contributed by atoms with Crippen LogP contribution in [0.15, 0.2) is 59.5 Å². The fourth-order valence-electron chi connectivity index (χ4n) is 3.14. The van der Waals surface area contributed by atoms with Gasteiger partial charge in [-0.1, -0.05) is 36.4 Å². The topological polar surface area (TPSA) is 78.5 Å². The van der Waals surface area contributed by atoms with Gasteiger partial charge in [0.25, 0.3) is 5.91 Å². The van der Waals surface area contributed by atoms with Gasteiger partial charge in [0, 0.05) is 31.2 Å². The Morgan fingerprint density at radius 1 is 1.07 bits per heavy atom. The minimum Gasteiger partial charge on any atom is -0.337 e. The number of carbonyl (C=O) groups is 1. The van der Waals surface area contributed by atoms with Gasteiger partial charge in [0.2, 0.25) is 10.0 Å². The van der Waals surface area contributed by atoms with Crippen LogP contribution in [0.25, 0.3) is 0 Å². The normalized spacial score (nSPS) is 16.0. The summed E-state index contributed by atoms with van der Waals surface area (Å²) < 4.78 is 28.2. The van der Waals surface area contributed by atoms with Crippen LogP contribution in [-0.4, -0.2) is 45.4 Å². The molecule has 0 bridgehead atoms. The highest BCUT2D eigenvalue weighted by molar-refractivity contribution is 7.89. The summed E-state index contributed by atoms with van der Waals surface area (Å²) in [6.07, 6.45) is 0.889. The second-order valence-electron chi connectivity index (χ2n) is 6.68. The third-order valence-electron chi connectivity index (χ3n) is 4.65. The molecular weight excluding hydrogens is 398 g/mol. The van der Waals surface area contributed by atoms with Gasteiger partial charge in [0.05, 0.1) is 4.90 Å². The number of hydrogen-bond donors (Lipinski definition) is 2. The highest BCUT2D eigenvalue weighted by atomic mass is 35.5. The molecule has 0 saturated carbocycles. The Morgan fingerprint density at radius 2 is 1.82 bits per heavy atom. The number of amides is 1. The monoisotopic (exact) mass is 423 g/mol. The summed E-state index contributed by atoms with van der Waals surface area (Å²) in [7, 11) is -3.73. The fourth-order valence-corrected chi connectivity index (χ4v) is 4.42. The van der Waals surface area contributed by atoms with E-state index in [4.69, 9.17) is 0 Å². The van der Waals surface area contributed by atoms with Crippen molar-refractivity contribution in [3.8, 4) is 0 Å². The van der Waals surface area contributed by atoms with E-state index in [1.165, 1.54) is 12.1 Å². The predicted octanol–water partition coefficient (Wildman–Crippen LogP) is 2.58. The molecule has 0 radical (unpaired) electrons. The number of nitrogens with zero attached hydrogens (tertiary/aromatic N) is 1. The highest BCUT2D eigenvalue weighted by Gasteiger charge is 2.22. The molecule has 2 aromatic rings. The molecule has 1 atom stereocenters. The molecule has 1 saturated heterocycles. The lowest BCUT2D eigenvalue weighted by atomic mass is 10.1. The molecule has 0 aromatic heterocycles. The number of carbonyl (C=O) groups excluding carboxylic acids is 1. The van der Waals surface area contributed by atoms with Crippen molar-refractivity contribution in [3.63, 3.8) is 0 Å². The summed E-state index contributed by atoms with van der Waals surface area (Å²) in [6.45, 7) is 4.73. The second kappa shape index (κ2) is 10.0. The Kier molecular flexibility index (Phi) is 8.00. The highest BCUT2D eigenvalue weighted by Crippen LogP contribution is 2.18. The number of nitrogens with one attached hydrogen (secondary N) is 2. The zero-order valence-corrected chi connectivity index (χ0v) is 17.4. The summed E-state index contributed by atoms with van der Waals surface area (Å²) in [5, 5.41) is 3.26. The van der Waals surface area contributed by atoms with Gasteiger partial charge in [-0.05, 0) is 43.7 Å². The summed E-state index contributed by atoms with van der Waals surface area (Å²) in [6, 6.07) is 15.3. The van der Waals surface area contributed by atoms with Crippen molar-refractivity contribution in [1.82, 2.24) is 14.9 Å². The molecule has 28 heavy (non-hydrogen) atoms. The van der Waals surface area contributed by atoms with Gasteiger partial charge in [-0.2, -0.15) is 0 Å². The van der Waals surface area contributed by atoms with Crippen molar-refractivity contribution < 1.29 is 13.2 Å². The van der Waals surface area contributed by atoms with E-state index in [2.05, 4.69) is 10.0 Å². The quantitative estimate of drug-likeness (QED) is 0.774. The Bertz CT molecular complexity index is 883. The molecule has 0 aliphatic carbocycles. The molecule has 152 valence electrons. The Balaban J connectivity index is 0.00000280. The minimum absolute atomic E-state index is 0. The van der Waals surface area contributed by atoms with Crippen LogP contribution >= 0.6 is 12.4 Å². The molecule has 1 unspecified atom stereocenters. The van der Waals surface area contributed by atoms with Gasteiger partial charge in [-0.15, -0.1) is 12.4 Å². The van der Waals surface area contributed by atoms with Crippen LogP contribution in [0, 0.1) is 0 Å². The molecule has 1 amide bonds. The van der Waals surface area contributed by atoms with Crippen molar-refractivity contribution in [2.45, 2.75) is 24.3 Å².